The molecule has 3 rings (SSSR count). The number of fused-ring (bicyclic) bond motifs is 1. The van der Waals surface area contributed by atoms with Crippen LogP contribution >= 0.6 is 22.9 Å². The Labute approximate surface area is 157 Å². The lowest BCUT2D eigenvalue weighted by atomic mass is 10.2. The molecule has 9 heteroatoms. The van der Waals surface area contributed by atoms with Crippen LogP contribution in [0, 0.1) is 0 Å². The molecule has 0 spiro atoms. The first kappa shape index (κ1) is 18.2. The lowest BCUT2D eigenvalue weighted by molar-refractivity contribution is -0.147. The molecule has 0 saturated carbocycles. The fourth-order valence-corrected chi connectivity index (χ4v) is 3.20. The molecule has 1 aromatic carbocycles. The predicted molar refractivity (Wildman–Crippen MR) is 95.0 cm³/mol. The van der Waals surface area contributed by atoms with Gasteiger partial charge in [-0.3, -0.25) is 14.4 Å². The fourth-order valence-electron chi connectivity index (χ4n) is 2.19. The van der Waals surface area contributed by atoms with E-state index in [9.17, 15) is 14.4 Å². The predicted octanol–water partition coefficient (Wildman–Crippen LogP) is 3.28. The molecule has 26 heavy (non-hydrogen) atoms. The van der Waals surface area contributed by atoms with Gasteiger partial charge in [0.05, 0.1) is 15.6 Å². The Morgan fingerprint density at radius 3 is 2.69 bits per heavy atom. The third-order valence-corrected chi connectivity index (χ3v) is 4.70. The number of thiophene rings is 1. The van der Waals surface area contributed by atoms with Crippen molar-refractivity contribution in [2.24, 2.45) is 0 Å². The number of rotatable bonds is 7. The maximum Gasteiger partial charge on any atom is 0.306 e. The number of hydrogen-bond donors (Lipinski definition) is 1. The molecule has 0 unspecified atom stereocenters. The first-order valence-corrected chi connectivity index (χ1v) is 8.84. The van der Waals surface area contributed by atoms with Crippen LogP contribution in [0.25, 0.3) is 0 Å². The molecule has 0 aliphatic carbocycles. The number of ketones is 1. The van der Waals surface area contributed by atoms with Gasteiger partial charge in [-0.05, 0) is 24.3 Å². The number of Topliss-reactive ketones (excluding diaryl/α,β-unsaturated/α-hetero) is 1. The van der Waals surface area contributed by atoms with Crippen LogP contribution in [-0.2, 0) is 14.3 Å². The highest BCUT2D eigenvalue weighted by Gasteiger charge is 2.16. The minimum Gasteiger partial charge on any atom is -0.456 e. The van der Waals surface area contributed by atoms with Gasteiger partial charge in [0.25, 0.3) is 5.91 Å². The van der Waals surface area contributed by atoms with Crippen LogP contribution in [0.1, 0.15) is 22.5 Å². The minimum absolute atomic E-state index is 0.000540. The maximum absolute atomic E-state index is 11.9. The summed E-state index contributed by atoms with van der Waals surface area (Å²) in [5.41, 5.74) is 0.500. The normalized spacial score (nSPS) is 11.9. The summed E-state index contributed by atoms with van der Waals surface area (Å²) in [5.74, 6) is -0.169. The van der Waals surface area contributed by atoms with Crippen molar-refractivity contribution in [2.45, 2.75) is 12.8 Å². The van der Waals surface area contributed by atoms with Gasteiger partial charge in [-0.25, -0.2) is 0 Å². The van der Waals surface area contributed by atoms with Gasteiger partial charge in [0.2, 0.25) is 6.79 Å². The monoisotopic (exact) mass is 395 g/mol. The van der Waals surface area contributed by atoms with E-state index < -0.39 is 18.5 Å². The van der Waals surface area contributed by atoms with Crippen molar-refractivity contribution in [3.05, 3.63) is 39.5 Å². The highest BCUT2D eigenvalue weighted by Crippen LogP contribution is 2.34. The van der Waals surface area contributed by atoms with Crippen LogP contribution in [0.3, 0.4) is 0 Å². The van der Waals surface area contributed by atoms with Crippen molar-refractivity contribution in [1.29, 1.82) is 0 Å². The van der Waals surface area contributed by atoms with Crippen molar-refractivity contribution < 1.29 is 28.6 Å². The lowest BCUT2D eigenvalue weighted by Crippen LogP contribution is -2.21. The Morgan fingerprint density at radius 1 is 1.12 bits per heavy atom. The topological polar surface area (TPSA) is 90.9 Å². The summed E-state index contributed by atoms with van der Waals surface area (Å²) in [6.45, 7) is -0.299. The molecule has 0 atom stereocenters. The highest BCUT2D eigenvalue weighted by molar-refractivity contribution is 7.18. The molecule has 1 aliphatic heterocycles. The largest absolute Gasteiger partial charge is 0.456 e. The Bertz CT molecular complexity index is 850. The average molecular weight is 396 g/mol. The van der Waals surface area contributed by atoms with E-state index in [0.717, 1.165) is 11.3 Å². The molecule has 1 N–H and O–H groups in total. The smallest absolute Gasteiger partial charge is 0.306 e. The van der Waals surface area contributed by atoms with Gasteiger partial charge in [0.15, 0.2) is 23.9 Å². The molecule has 0 bridgehead atoms. The van der Waals surface area contributed by atoms with Gasteiger partial charge < -0.3 is 19.5 Å². The molecule has 1 aromatic heterocycles. The molecule has 7 nitrogen and oxygen atoms in total. The molecule has 0 fully saturated rings. The van der Waals surface area contributed by atoms with Crippen LogP contribution in [0.15, 0.2) is 30.3 Å². The number of carbonyl (C=O) groups is 3. The maximum atomic E-state index is 11.9. The van der Waals surface area contributed by atoms with E-state index in [4.69, 9.17) is 25.8 Å². The average Bonchev–Trinajstić information content (AvgIpc) is 3.26. The number of hydrogen-bond acceptors (Lipinski definition) is 7. The SMILES string of the molecule is O=C(COC(=O)CCC(=O)c1ccc(Cl)s1)Nc1ccc2c(c1)OCO2. The second-order valence-electron chi connectivity index (χ2n) is 5.30. The van der Waals surface area contributed by atoms with E-state index in [1.54, 1.807) is 30.3 Å². The Kier molecular flexibility index (Phi) is 5.75. The zero-order valence-electron chi connectivity index (χ0n) is 13.5. The molecular formula is C17H14ClNO6S. The summed E-state index contributed by atoms with van der Waals surface area (Å²) >= 11 is 6.92. The fraction of sp³-hybridized carbons (Fsp3) is 0.235. The Morgan fingerprint density at radius 2 is 1.92 bits per heavy atom. The summed E-state index contributed by atoms with van der Waals surface area (Å²) in [7, 11) is 0. The van der Waals surface area contributed by atoms with Crippen molar-refractivity contribution in [2.75, 3.05) is 18.7 Å². The lowest BCUT2D eigenvalue weighted by Gasteiger charge is -2.07. The van der Waals surface area contributed by atoms with E-state index >= 15 is 0 Å². The van der Waals surface area contributed by atoms with Crippen LogP contribution in [0.2, 0.25) is 4.34 Å². The number of halogens is 1. The van der Waals surface area contributed by atoms with Crippen LogP contribution < -0.4 is 14.8 Å². The van der Waals surface area contributed by atoms with Crippen LogP contribution in [0.4, 0.5) is 5.69 Å². The van der Waals surface area contributed by atoms with E-state index in [-0.39, 0.29) is 25.4 Å². The third kappa shape index (κ3) is 4.74. The van der Waals surface area contributed by atoms with Crippen molar-refractivity contribution >= 4 is 46.3 Å². The molecule has 136 valence electrons. The Hall–Kier alpha value is -2.58. The molecular weight excluding hydrogens is 382 g/mol. The summed E-state index contributed by atoms with van der Waals surface area (Å²) in [5, 5.41) is 2.59. The quantitative estimate of drug-likeness (QED) is 0.571. The number of carbonyl (C=O) groups excluding carboxylic acids is 3. The van der Waals surface area contributed by atoms with Crippen molar-refractivity contribution in [3.8, 4) is 11.5 Å². The number of amides is 1. The number of nitrogens with one attached hydrogen (secondary N) is 1. The first-order chi connectivity index (χ1) is 12.5. The first-order valence-electron chi connectivity index (χ1n) is 7.65. The van der Waals surface area contributed by atoms with Crippen molar-refractivity contribution in [1.82, 2.24) is 0 Å². The second-order valence-corrected chi connectivity index (χ2v) is 7.02. The standard InChI is InChI=1S/C17H14ClNO6S/c18-15-5-4-14(26-15)11(20)2-6-17(22)23-8-16(21)19-10-1-3-12-13(7-10)25-9-24-12/h1,3-5,7H,2,6,8-9H2,(H,19,21). The zero-order valence-corrected chi connectivity index (χ0v) is 15.0. The van der Waals surface area contributed by atoms with E-state index in [1.807, 2.05) is 0 Å². The molecule has 0 radical (unpaired) electrons. The number of esters is 1. The van der Waals surface area contributed by atoms with Crippen molar-refractivity contribution in [3.63, 3.8) is 0 Å². The van der Waals surface area contributed by atoms with E-state index in [0.29, 0.717) is 26.4 Å². The molecule has 2 aromatic rings. The summed E-state index contributed by atoms with van der Waals surface area (Å²) < 4.78 is 15.8. The van der Waals surface area contributed by atoms with Gasteiger partial charge in [0, 0.05) is 18.2 Å². The van der Waals surface area contributed by atoms with Crippen LogP contribution in [-0.4, -0.2) is 31.1 Å². The van der Waals surface area contributed by atoms with Crippen LogP contribution in [0.5, 0.6) is 11.5 Å². The second kappa shape index (κ2) is 8.20. The zero-order chi connectivity index (χ0) is 18.5. The van der Waals surface area contributed by atoms with E-state index in [1.165, 1.54) is 0 Å². The number of benzene rings is 1. The number of ether oxygens (including phenoxy) is 3. The number of anilines is 1. The molecule has 1 amide bonds. The third-order valence-electron chi connectivity index (χ3n) is 3.42. The molecule has 0 saturated heterocycles. The summed E-state index contributed by atoms with van der Waals surface area (Å²) in [4.78, 5) is 35.9. The summed E-state index contributed by atoms with van der Waals surface area (Å²) in [6.07, 6.45) is -0.106. The van der Waals surface area contributed by atoms with Gasteiger partial charge >= 0.3 is 5.97 Å². The van der Waals surface area contributed by atoms with Gasteiger partial charge in [-0.1, -0.05) is 11.6 Å². The Balaban J connectivity index is 1.40. The van der Waals surface area contributed by atoms with Gasteiger partial charge in [0.1, 0.15) is 0 Å². The minimum atomic E-state index is -0.623. The summed E-state index contributed by atoms with van der Waals surface area (Å²) in [6, 6.07) is 8.18. The molecule has 1 aliphatic rings. The molecule has 2 heterocycles. The van der Waals surface area contributed by atoms with E-state index in [2.05, 4.69) is 5.32 Å². The highest BCUT2D eigenvalue weighted by atomic mass is 35.5. The van der Waals surface area contributed by atoms with Gasteiger partial charge in [-0.15, -0.1) is 11.3 Å². The van der Waals surface area contributed by atoms with Gasteiger partial charge in [-0.2, -0.15) is 0 Å².